The van der Waals surface area contributed by atoms with E-state index in [0.29, 0.717) is 6.42 Å². The van der Waals surface area contributed by atoms with Crippen LogP contribution in [0.4, 0.5) is 0 Å². The van der Waals surface area contributed by atoms with Crippen LogP contribution in [0, 0.1) is 0 Å². The fraction of sp³-hybridized carbons (Fsp3) is 0.778. The molecule has 0 saturated carbocycles. The number of hydrogen-bond donors (Lipinski definition) is 3. The van der Waals surface area contributed by atoms with E-state index in [1.807, 2.05) is 0 Å². The van der Waals surface area contributed by atoms with Gasteiger partial charge in [-0.1, -0.05) is 6.92 Å². The van der Waals surface area contributed by atoms with Gasteiger partial charge in [-0.15, -0.1) is 0 Å². The number of aliphatic carboxylic acids is 1. The van der Waals surface area contributed by atoms with Gasteiger partial charge in [0.2, 0.25) is 0 Å². The number of esters is 1. The van der Waals surface area contributed by atoms with Crippen molar-refractivity contribution in [3.05, 3.63) is 0 Å². The first-order chi connectivity index (χ1) is 7.01. The molecular weight excluding hydrogens is 202 g/mol. The van der Waals surface area contributed by atoms with Crippen LogP contribution >= 0.6 is 0 Å². The minimum Gasteiger partial charge on any atom is -0.481 e. The third-order valence-electron chi connectivity index (χ3n) is 1.90. The summed E-state index contributed by atoms with van der Waals surface area (Å²) < 4.78 is 4.52. The smallest absolute Gasteiger partial charge is 0.322 e. The number of nitrogens with one attached hydrogen (secondary N) is 1. The van der Waals surface area contributed by atoms with E-state index >= 15 is 0 Å². The Morgan fingerprint density at radius 3 is 2.47 bits per heavy atom. The van der Waals surface area contributed by atoms with Crippen molar-refractivity contribution in [3.63, 3.8) is 0 Å². The van der Waals surface area contributed by atoms with Gasteiger partial charge in [-0.3, -0.25) is 9.59 Å². The van der Waals surface area contributed by atoms with Crippen LogP contribution in [0.5, 0.6) is 0 Å². The molecule has 15 heavy (non-hydrogen) atoms. The predicted octanol–water partition coefficient (Wildman–Crippen LogP) is -0.637. The molecule has 0 fully saturated rings. The molecule has 0 rings (SSSR count). The maximum atomic E-state index is 11.1. The molecule has 6 heteroatoms. The maximum Gasteiger partial charge on any atom is 0.322 e. The second-order valence-corrected chi connectivity index (χ2v) is 3.14. The zero-order valence-corrected chi connectivity index (χ0v) is 8.90. The van der Waals surface area contributed by atoms with Gasteiger partial charge in [-0.2, -0.15) is 0 Å². The number of aliphatic hydroxyl groups is 1. The van der Waals surface area contributed by atoms with Crippen LogP contribution in [-0.2, 0) is 14.3 Å². The number of carbonyl (C=O) groups is 2. The third-order valence-corrected chi connectivity index (χ3v) is 1.90. The van der Waals surface area contributed by atoms with E-state index in [2.05, 4.69) is 10.1 Å². The van der Waals surface area contributed by atoms with Gasteiger partial charge in [0, 0.05) is 6.54 Å². The monoisotopic (exact) mass is 219 g/mol. The first-order valence-electron chi connectivity index (χ1n) is 4.72. The van der Waals surface area contributed by atoms with Crippen molar-refractivity contribution < 1.29 is 24.5 Å². The Bertz CT molecular complexity index is 219. The van der Waals surface area contributed by atoms with Crippen molar-refractivity contribution in [1.82, 2.24) is 5.32 Å². The average Bonchev–Trinajstić information content (AvgIpc) is 2.17. The van der Waals surface area contributed by atoms with Crippen LogP contribution in [0.25, 0.3) is 0 Å². The average molecular weight is 219 g/mol. The van der Waals surface area contributed by atoms with Crippen LogP contribution in [0.2, 0.25) is 0 Å². The Morgan fingerprint density at radius 1 is 1.47 bits per heavy atom. The SMILES string of the molecule is CCC(NCC(O)CC(=O)O)C(=O)OC. The summed E-state index contributed by atoms with van der Waals surface area (Å²) in [6, 6.07) is -0.501. The van der Waals surface area contributed by atoms with E-state index in [1.165, 1.54) is 7.11 Å². The van der Waals surface area contributed by atoms with Gasteiger partial charge < -0.3 is 20.3 Å². The number of methoxy groups -OCH3 is 1. The number of hydrogen-bond acceptors (Lipinski definition) is 5. The predicted molar refractivity (Wildman–Crippen MR) is 52.4 cm³/mol. The Balaban J connectivity index is 3.89. The molecule has 2 unspecified atom stereocenters. The molecule has 0 radical (unpaired) electrons. The van der Waals surface area contributed by atoms with Crippen LogP contribution < -0.4 is 5.32 Å². The quantitative estimate of drug-likeness (QED) is 0.493. The number of carboxylic acids is 1. The van der Waals surface area contributed by atoms with Gasteiger partial charge in [0.15, 0.2) is 0 Å². The minimum absolute atomic E-state index is 0.0555. The van der Waals surface area contributed by atoms with Crippen molar-refractivity contribution in [2.24, 2.45) is 0 Å². The van der Waals surface area contributed by atoms with Crippen molar-refractivity contribution in [3.8, 4) is 0 Å². The summed E-state index contributed by atoms with van der Waals surface area (Å²) in [6.45, 7) is 1.85. The Labute approximate surface area is 88.2 Å². The lowest BCUT2D eigenvalue weighted by Gasteiger charge is -2.16. The fourth-order valence-electron chi connectivity index (χ4n) is 1.09. The number of rotatable bonds is 7. The minimum atomic E-state index is -1.07. The molecule has 88 valence electrons. The van der Waals surface area contributed by atoms with E-state index < -0.39 is 24.1 Å². The molecule has 0 aromatic carbocycles. The van der Waals surface area contributed by atoms with Gasteiger partial charge in [0.05, 0.1) is 19.6 Å². The summed E-state index contributed by atoms with van der Waals surface area (Å²) in [5.74, 6) is -1.49. The highest BCUT2D eigenvalue weighted by Crippen LogP contribution is 1.96. The molecule has 0 heterocycles. The summed E-state index contributed by atoms with van der Waals surface area (Å²) in [5, 5.41) is 20.3. The Kier molecular flexibility index (Phi) is 6.64. The highest BCUT2D eigenvalue weighted by molar-refractivity contribution is 5.75. The standard InChI is InChI=1S/C9H17NO5/c1-3-7(9(14)15-2)10-5-6(11)4-8(12)13/h6-7,10-11H,3-5H2,1-2H3,(H,12,13). The van der Waals surface area contributed by atoms with Crippen LogP contribution in [-0.4, -0.2) is 48.0 Å². The van der Waals surface area contributed by atoms with Crippen molar-refractivity contribution >= 4 is 11.9 Å². The summed E-state index contributed by atoms with van der Waals surface area (Å²) in [4.78, 5) is 21.3. The summed E-state index contributed by atoms with van der Waals surface area (Å²) in [6.07, 6.45) is -0.821. The number of carboxylic acid groups (broad SMARTS) is 1. The molecule has 0 bridgehead atoms. The molecule has 0 aliphatic carbocycles. The Morgan fingerprint density at radius 2 is 2.07 bits per heavy atom. The molecule has 0 spiro atoms. The van der Waals surface area contributed by atoms with Gasteiger partial charge >= 0.3 is 11.9 Å². The first-order valence-corrected chi connectivity index (χ1v) is 4.72. The van der Waals surface area contributed by atoms with Gasteiger partial charge in [0.1, 0.15) is 6.04 Å². The van der Waals surface area contributed by atoms with Gasteiger partial charge in [-0.25, -0.2) is 0 Å². The molecule has 2 atom stereocenters. The van der Waals surface area contributed by atoms with Crippen molar-refractivity contribution in [2.45, 2.75) is 31.9 Å². The molecule has 0 saturated heterocycles. The molecule has 0 aromatic rings. The van der Waals surface area contributed by atoms with Crippen molar-refractivity contribution in [1.29, 1.82) is 0 Å². The molecule has 0 aromatic heterocycles. The fourth-order valence-corrected chi connectivity index (χ4v) is 1.09. The van der Waals surface area contributed by atoms with Gasteiger partial charge in [0.25, 0.3) is 0 Å². The second-order valence-electron chi connectivity index (χ2n) is 3.14. The Hall–Kier alpha value is -1.14. The lowest BCUT2D eigenvalue weighted by molar-refractivity contribution is -0.143. The topological polar surface area (TPSA) is 95.9 Å². The highest BCUT2D eigenvalue weighted by atomic mass is 16.5. The molecule has 0 amide bonds. The van der Waals surface area contributed by atoms with E-state index in [-0.39, 0.29) is 13.0 Å². The summed E-state index contributed by atoms with van der Waals surface area (Å²) in [5.41, 5.74) is 0. The van der Waals surface area contributed by atoms with Crippen LogP contribution in [0.3, 0.4) is 0 Å². The van der Waals surface area contributed by atoms with E-state index in [9.17, 15) is 14.7 Å². The molecule has 3 N–H and O–H groups in total. The zero-order valence-electron chi connectivity index (χ0n) is 8.90. The summed E-state index contributed by atoms with van der Waals surface area (Å²) >= 11 is 0. The highest BCUT2D eigenvalue weighted by Gasteiger charge is 2.18. The zero-order chi connectivity index (χ0) is 11.8. The lowest BCUT2D eigenvalue weighted by Crippen LogP contribution is -2.41. The van der Waals surface area contributed by atoms with Crippen molar-refractivity contribution in [2.75, 3.05) is 13.7 Å². The summed E-state index contributed by atoms with van der Waals surface area (Å²) in [7, 11) is 1.28. The molecule has 0 aliphatic heterocycles. The van der Waals surface area contributed by atoms with E-state index in [1.54, 1.807) is 6.92 Å². The third kappa shape index (κ3) is 6.03. The normalized spacial score (nSPS) is 14.3. The molecule has 6 nitrogen and oxygen atoms in total. The van der Waals surface area contributed by atoms with Gasteiger partial charge in [-0.05, 0) is 6.42 Å². The number of ether oxygens (including phenoxy) is 1. The van der Waals surface area contributed by atoms with E-state index in [4.69, 9.17) is 5.11 Å². The number of carbonyl (C=O) groups excluding carboxylic acids is 1. The first kappa shape index (κ1) is 13.9. The number of aliphatic hydroxyl groups excluding tert-OH is 1. The second kappa shape index (κ2) is 7.19. The largest absolute Gasteiger partial charge is 0.481 e. The van der Waals surface area contributed by atoms with E-state index in [0.717, 1.165) is 0 Å². The maximum absolute atomic E-state index is 11.1. The molecular formula is C9H17NO5. The van der Waals surface area contributed by atoms with Crippen LogP contribution in [0.15, 0.2) is 0 Å². The lowest BCUT2D eigenvalue weighted by atomic mass is 10.2. The van der Waals surface area contributed by atoms with Crippen LogP contribution in [0.1, 0.15) is 19.8 Å². The molecule has 0 aliphatic rings.